The molecule has 0 spiro atoms. The molecule has 2 aromatic rings. The number of aromatic nitrogens is 1. The molecule has 0 bridgehead atoms. The van der Waals surface area contributed by atoms with Gasteiger partial charge < -0.3 is 5.32 Å². The van der Waals surface area contributed by atoms with Crippen molar-refractivity contribution in [3.63, 3.8) is 0 Å². The molecule has 0 saturated heterocycles. The highest BCUT2D eigenvalue weighted by molar-refractivity contribution is 7.90. The minimum atomic E-state index is -3.35. The zero-order valence-corrected chi connectivity index (χ0v) is 15.9. The van der Waals surface area contributed by atoms with Crippen LogP contribution in [0.15, 0.2) is 47.5 Å². The third-order valence-electron chi connectivity index (χ3n) is 3.40. The van der Waals surface area contributed by atoms with Crippen LogP contribution in [0.3, 0.4) is 0 Å². The molecule has 0 unspecified atom stereocenters. The van der Waals surface area contributed by atoms with Gasteiger partial charge in [-0.25, -0.2) is 21.6 Å². The fourth-order valence-electron chi connectivity index (χ4n) is 2.06. The second kappa shape index (κ2) is 7.94. The molecule has 1 heterocycles. The lowest BCUT2D eigenvalue weighted by Gasteiger charge is -2.08. The van der Waals surface area contributed by atoms with Gasteiger partial charge in [0, 0.05) is 24.6 Å². The number of sulfone groups is 1. The number of sulfonamides is 1. The van der Waals surface area contributed by atoms with Gasteiger partial charge in [0.1, 0.15) is 0 Å². The van der Waals surface area contributed by atoms with Gasteiger partial charge in [-0.2, -0.15) is 0 Å². The van der Waals surface area contributed by atoms with Crippen LogP contribution in [-0.2, 0) is 33.0 Å². The van der Waals surface area contributed by atoms with E-state index in [1.165, 1.54) is 30.5 Å². The van der Waals surface area contributed by atoms with Crippen molar-refractivity contribution < 1.29 is 21.6 Å². The number of nitrogens with one attached hydrogen (secondary N) is 2. The first kappa shape index (κ1) is 20.0. The third kappa shape index (κ3) is 6.21. The Morgan fingerprint density at radius 1 is 1.00 bits per heavy atom. The molecule has 140 valence electrons. The minimum Gasteiger partial charge on any atom is -0.348 e. The Balaban J connectivity index is 1.99. The lowest BCUT2D eigenvalue weighted by molar-refractivity contribution is 0.0950. The summed E-state index contributed by atoms with van der Waals surface area (Å²) in [5.41, 5.74) is 1.51. The van der Waals surface area contributed by atoms with Gasteiger partial charge in [0.2, 0.25) is 10.0 Å². The van der Waals surface area contributed by atoms with Crippen LogP contribution >= 0.6 is 0 Å². The smallest absolute Gasteiger partial charge is 0.251 e. The van der Waals surface area contributed by atoms with E-state index in [-0.39, 0.29) is 23.9 Å². The maximum atomic E-state index is 12.2. The molecule has 0 aliphatic carbocycles. The fraction of sp³-hybridized carbons (Fsp3) is 0.250. The molecule has 0 atom stereocenters. The first-order valence-electron chi connectivity index (χ1n) is 7.51. The Kier molecular flexibility index (Phi) is 6.11. The van der Waals surface area contributed by atoms with Gasteiger partial charge in [-0.15, -0.1) is 0 Å². The topological polar surface area (TPSA) is 122 Å². The van der Waals surface area contributed by atoms with Crippen LogP contribution < -0.4 is 10.0 Å². The second-order valence-electron chi connectivity index (χ2n) is 5.73. The first-order chi connectivity index (χ1) is 12.0. The van der Waals surface area contributed by atoms with Crippen LogP contribution in [0.1, 0.15) is 21.6 Å². The van der Waals surface area contributed by atoms with Crippen molar-refractivity contribution in [2.24, 2.45) is 0 Å². The summed E-state index contributed by atoms with van der Waals surface area (Å²) < 4.78 is 47.4. The summed E-state index contributed by atoms with van der Waals surface area (Å²) in [5.74, 6) is -0.347. The Hall–Kier alpha value is -2.30. The fourth-order valence-corrected chi connectivity index (χ4v) is 3.10. The quantitative estimate of drug-likeness (QED) is 0.700. The predicted molar refractivity (Wildman–Crippen MR) is 96.6 cm³/mol. The molecule has 0 fully saturated rings. The van der Waals surface area contributed by atoms with Crippen molar-refractivity contribution in [1.29, 1.82) is 0 Å². The largest absolute Gasteiger partial charge is 0.348 e. The summed E-state index contributed by atoms with van der Waals surface area (Å²) in [6, 6.07) is 9.25. The Morgan fingerprint density at radius 2 is 1.65 bits per heavy atom. The van der Waals surface area contributed by atoms with E-state index in [0.717, 1.165) is 18.1 Å². The van der Waals surface area contributed by atoms with E-state index in [1.54, 1.807) is 12.1 Å². The molecule has 1 amide bonds. The molecule has 0 saturated carbocycles. The standard InChI is InChI=1S/C16H19N3O5S2/c1-25(21,22)15-5-3-12(4-6-15)10-18-16(20)13-7-8-17-14(9-13)11-19-26(2,23)24/h3-9,19H,10-11H2,1-2H3,(H,18,20). The maximum Gasteiger partial charge on any atom is 0.251 e. The number of hydrogen-bond acceptors (Lipinski definition) is 6. The molecule has 26 heavy (non-hydrogen) atoms. The summed E-state index contributed by atoms with van der Waals surface area (Å²) in [4.78, 5) is 16.4. The molecule has 1 aromatic carbocycles. The zero-order valence-electron chi connectivity index (χ0n) is 14.3. The summed E-state index contributed by atoms with van der Waals surface area (Å²) in [6.07, 6.45) is 3.59. The lowest BCUT2D eigenvalue weighted by Crippen LogP contribution is -2.24. The minimum absolute atomic E-state index is 0.00704. The van der Waals surface area contributed by atoms with Gasteiger partial charge in [-0.3, -0.25) is 9.78 Å². The molecule has 2 N–H and O–H groups in total. The molecule has 1 aromatic heterocycles. The van der Waals surface area contributed by atoms with Crippen LogP contribution in [0.25, 0.3) is 0 Å². The molecular weight excluding hydrogens is 378 g/mol. The number of hydrogen-bond donors (Lipinski definition) is 2. The number of benzene rings is 1. The lowest BCUT2D eigenvalue weighted by atomic mass is 10.2. The normalized spacial score (nSPS) is 11.9. The second-order valence-corrected chi connectivity index (χ2v) is 9.58. The first-order valence-corrected chi connectivity index (χ1v) is 11.3. The van der Waals surface area contributed by atoms with E-state index >= 15 is 0 Å². The Labute approximate surface area is 152 Å². The predicted octanol–water partition coefficient (Wildman–Crippen LogP) is 0.464. The number of carbonyl (C=O) groups is 1. The van der Waals surface area contributed by atoms with Gasteiger partial charge in [-0.05, 0) is 29.8 Å². The number of nitrogens with zero attached hydrogens (tertiary/aromatic N) is 1. The molecule has 0 aliphatic heterocycles. The summed E-state index contributed by atoms with van der Waals surface area (Å²) in [6.45, 7) is 0.217. The van der Waals surface area contributed by atoms with E-state index in [4.69, 9.17) is 0 Å². The van der Waals surface area contributed by atoms with Crippen molar-refractivity contribution in [3.8, 4) is 0 Å². The number of carbonyl (C=O) groups excluding carboxylic acids is 1. The van der Waals surface area contributed by atoms with Crippen LogP contribution in [-0.4, -0.2) is 40.2 Å². The van der Waals surface area contributed by atoms with Crippen molar-refractivity contribution in [3.05, 3.63) is 59.4 Å². The van der Waals surface area contributed by atoms with E-state index in [1.807, 2.05) is 0 Å². The van der Waals surface area contributed by atoms with Crippen LogP contribution in [0.5, 0.6) is 0 Å². The van der Waals surface area contributed by atoms with E-state index in [0.29, 0.717) is 11.3 Å². The van der Waals surface area contributed by atoms with E-state index < -0.39 is 19.9 Å². The van der Waals surface area contributed by atoms with Crippen molar-refractivity contribution in [2.45, 2.75) is 18.0 Å². The SMILES string of the molecule is CS(=O)(=O)NCc1cc(C(=O)NCc2ccc(S(C)(=O)=O)cc2)ccn1. The van der Waals surface area contributed by atoms with Crippen molar-refractivity contribution in [1.82, 2.24) is 15.0 Å². The number of rotatable bonds is 7. The summed E-state index contributed by atoms with van der Waals surface area (Å²) in [7, 11) is -6.61. The molecule has 2 rings (SSSR count). The van der Waals surface area contributed by atoms with Crippen molar-refractivity contribution >= 4 is 25.8 Å². The molecule has 0 aliphatic rings. The maximum absolute atomic E-state index is 12.2. The highest BCUT2D eigenvalue weighted by Gasteiger charge is 2.09. The number of amides is 1. The summed E-state index contributed by atoms with van der Waals surface area (Å²) in [5, 5.41) is 2.72. The van der Waals surface area contributed by atoms with Gasteiger partial charge >= 0.3 is 0 Å². The average Bonchev–Trinajstić information content (AvgIpc) is 2.57. The average molecular weight is 397 g/mol. The Morgan fingerprint density at radius 3 is 2.23 bits per heavy atom. The van der Waals surface area contributed by atoms with Gasteiger partial charge in [0.15, 0.2) is 9.84 Å². The van der Waals surface area contributed by atoms with Crippen LogP contribution in [0.2, 0.25) is 0 Å². The van der Waals surface area contributed by atoms with Crippen LogP contribution in [0.4, 0.5) is 0 Å². The Bertz CT molecular complexity index is 1000. The third-order valence-corrected chi connectivity index (χ3v) is 5.20. The highest BCUT2D eigenvalue weighted by Crippen LogP contribution is 2.10. The zero-order chi connectivity index (χ0) is 19.4. The van der Waals surface area contributed by atoms with Crippen molar-refractivity contribution in [2.75, 3.05) is 12.5 Å². The van der Waals surface area contributed by atoms with Gasteiger partial charge in [-0.1, -0.05) is 12.1 Å². The van der Waals surface area contributed by atoms with Crippen LogP contribution in [0, 0.1) is 0 Å². The molecular formula is C16H19N3O5S2. The summed E-state index contributed by atoms with van der Waals surface area (Å²) >= 11 is 0. The molecule has 10 heteroatoms. The van der Waals surface area contributed by atoms with Gasteiger partial charge in [0.25, 0.3) is 5.91 Å². The number of pyridine rings is 1. The monoisotopic (exact) mass is 397 g/mol. The van der Waals surface area contributed by atoms with Gasteiger partial charge in [0.05, 0.1) is 23.4 Å². The highest BCUT2D eigenvalue weighted by atomic mass is 32.2. The van der Waals surface area contributed by atoms with E-state index in [2.05, 4.69) is 15.0 Å². The van der Waals surface area contributed by atoms with E-state index in [9.17, 15) is 21.6 Å². The molecule has 8 nitrogen and oxygen atoms in total. The molecule has 0 radical (unpaired) electrons.